The van der Waals surface area contributed by atoms with Gasteiger partial charge in [0.2, 0.25) is 0 Å². The third-order valence-electron chi connectivity index (χ3n) is 3.34. The highest BCUT2D eigenvalue weighted by Gasteiger charge is 2.07. The molecular formula is C12H29N3Si2. The Labute approximate surface area is 113 Å². The molecule has 0 radical (unpaired) electrons. The zero-order chi connectivity index (χ0) is 12.3. The summed E-state index contributed by atoms with van der Waals surface area (Å²) in [6, 6.07) is 2.91. The summed E-state index contributed by atoms with van der Waals surface area (Å²) in [6.07, 6.45) is 6.16. The predicted octanol–water partition coefficient (Wildman–Crippen LogP) is -0.630. The maximum Gasteiger partial charge on any atom is 0.0851 e. The summed E-state index contributed by atoms with van der Waals surface area (Å²) >= 11 is 0. The zero-order valence-electron chi connectivity index (χ0n) is 11.7. The molecule has 5 heteroatoms. The predicted molar refractivity (Wildman–Crippen MR) is 84.7 cm³/mol. The van der Waals surface area contributed by atoms with E-state index in [1.807, 2.05) is 6.34 Å². The Balaban J connectivity index is 2.10. The van der Waals surface area contributed by atoms with Crippen molar-refractivity contribution in [2.24, 2.45) is 4.99 Å². The van der Waals surface area contributed by atoms with E-state index in [4.69, 9.17) is 0 Å². The van der Waals surface area contributed by atoms with Crippen molar-refractivity contribution in [2.75, 3.05) is 39.3 Å². The molecule has 0 N–H and O–H groups in total. The number of nitrogens with zero attached hydrogens (tertiary/aromatic N) is 3. The van der Waals surface area contributed by atoms with Crippen LogP contribution in [0.25, 0.3) is 0 Å². The second-order valence-corrected chi connectivity index (χ2v) is 6.96. The zero-order valence-corrected chi connectivity index (χ0v) is 15.7. The molecule has 1 aliphatic rings. The normalized spacial score (nSPS) is 15.5. The van der Waals surface area contributed by atoms with Crippen molar-refractivity contribution in [2.45, 2.75) is 31.4 Å². The summed E-state index contributed by atoms with van der Waals surface area (Å²) < 4.78 is 0. The van der Waals surface area contributed by atoms with Crippen LogP contribution in [-0.4, -0.2) is 75.9 Å². The molecular weight excluding hydrogens is 242 g/mol. The Morgan fingerprint density at radius 1 is 1.06 bits per heavy atom. The monoisotopic (exact) mass is 271 g/mol. The minimum Gasteiger partial charge on any atom is -0.361 e. The van der Waals surface area contributed by atoms with Gasteiger partial charge in [0.25, 0.3) is 0 Å². The van der Waals surface area contributed by atoms with Crippen LogP contribution in [0.5, 0.6) is 0 Å². The van der Waals surface area contributed by atoms with Crippen LogP contribution in [0, 0.1) is 0 Å². The molecule has 0 aromatic heterocycles. The molecule has 100 valence electrons. The number of hydrogen-bond donors (Lipinski definition) is 0. The standard InChI is InChI=1S/C12H29N3Si2/c16-10-2-7-14(8-3-11-17)5-1-6-15-9-4-13-12-15/h12H,1-11H2,16-17H3. The van der Waals surface area contributed by atoms with Crippen molar-refractivity contribution in [3.8, 4) is 0 Å². The van der Waals surface area contributed by atoms with Crippen molar-refractivity contribution < 1.29 is 0 Å². The number of aliphatic imine (C=N–C) groups is 1. The Hall–Kier alpha value is -0.136. The van der Waals surface area contributed by atoms with E-state index < -0.39 is 0 Å². The Bertz CT molecular complexity index is 204. The van der Waals surface area contributed by atoms with Crippen LogP contribution in [0.3, 0.4) is 0 Å². The van der Waals surface area contributed by atoms with E-state index in [0.29, 0.717) is 0 Å². The van der Waals surface area contributed by atoms with Crippen LogP contribution in [0.15, 0.2) is 4.99 Å². The highest BCUT2D eigenvalue weighted by atomic mass is 28.1. The van der Waals surface area contributed by atoms with E-state index >= 15 is 0 Å². The molecule has 0 spiro atoms. The van der Waals surface area contributed by atoms with Gasteiger partial charge in [0.05, 0.1) is 12.9 Å². The topological polar surface area (TPSA) is 18.8 Å². The highest BCUT2D eigenvalue weighted by Crippen LogP contribution is 2.02. The molecule has 3 nitrogen and oxygen atoms in total. The lowest BCUT2D eigenvalue weighted by Crippen LogP contribution is -2.30. The van der Waals surface area contributed by atoms with Crippen LogP contribution in [0.1, 0.15) is 19.3 Å². The van der Waals surface area contributed by atoms with Gasteiger partial charge in [-0.15, -0.1) is 0 Å². The van der Waals surface area contributed by atoms with Crippen LogP contribution in [-0.2, 0) is 0 Å². The maximum atomic E-state index is 4.26. The second-order valence-electron chi connectivity index (χ2n) is 4.96. The van der Waals surface area contributed by atoms with E-state index in [1.54, 1.807) is 0 Å². The first-order chi connectivity index (χ1) is 8.36. The molecule has 0 aliphatic carbocycles. The third-order valence-corrected chi connectivity index (χ3v) is 4.75. The van der Waals surface area contributed by atoms with Crippen LogP contribution in [0.2, 0.25) is 12.1 Å². The molecule has 0 saturated carbocycles. The number of rotatable bonds is 10. The third kappa shape index (κ3) is 7.00. The van der Waals surface area contributed by atoms with Crippen LogP contribution >= 0.6 is 0 Å². The first-order valence-electron chi connectivity index (χ1n) is 7.33. The molecule has 1 aliphatic heterocycles. The quantitative estimate of drug-likeness (QED) is 0.493. The lowest BCUT2D eigenvalue weighted by atomic mass is 10.3. The number of hydrogen-bond acceptors (Lipinski definition) is 3. The smallest absolute Gasteiger partial charge is 0.0851 e. The van der Waals surface area contributed by atoms with E-state index in [1.165, 1.54) is 78.0 Å². The molecule has 0 saturated heterocycles. The van der Waals surface area contributed by atoms with Gasteiger partial charge in [-0.1, -0.05) is 12.1 Å². The van der Waals surface area contributed by atoms with Gasteiger partial charge in [0.15, 0.2) is 0 Å². The molecule has 0 bridgehead atoms. The van der Waals surface area contributed by atoms with Crippen molar-refractivity contribution in [3.05, 3.63) is 0 Å². The molecule has 0 atom stereocenters. The minimum absolute atomic E-state index is 1.00. The van der Waals surface area contributed by atoms with Crippen molar-refractivity contribution in [1.82, 2.24) is 9.80 Å². The average Bonchev–Trinajstić information content (AvgIpc) is 2.85. The van der Waals surface area contributed by atoms with Crippen molar-refractivity contribution in [3.63, 3.8) is 0 Å². The van der Waals surface area contributed by atoms with Gasteiger partial charge < -0.3 is 9.80 Å². The van der Waals surface area contributed by atoms with E-state index in [9.17, 15) is 0 Å². The van der Waals surface area contributed by atoms with Crippen LogP contribution in [0.4, 0.5) is 0 Å². The summed E-state index contributed by atoms with van der Waals surface area (Å²) in [5.41, 5.74) is 0. The Kier molecular flexibility index (Phi) is 8.65. The van der Waals surface area contributed by atoms with E-state index in [-0.39, 0.29) is 0 Å². The maximum absolute atomic E-state index is 4.26. The van der Waals surface area contributed by atoms with Gasteiger partial charge in [0, 0.05) is 33.6 Å². The first kappa shape index (κ1) is 14.9. The highest BCUT2D eigenvalue weighted by molar-refractivity contribution is 6.08. The summed E-state index contributed by atoms with van der Waals surface area (Å²) in [6.45, 7) is 7.29. The summed E-state index contributed by atoms with van der Waals surface area (Å²) in [7, 11) is 2.73. The summed E-state index contributed by atoms with van der Waals surface area (Å²) in [4.78, 5) is 9.30. The second kappa shape index (κ2) is 9.85. The fourth-order valence-electron chi connectivity index (χ4n) is 2.18. The molecule has 1 heterocycles. The minimum atomic E-state index is 1.00. The molecule has 0 aromatic rings. The molecule has 0 amide bonds. The largest absolute Gasteiger partial charge is 0.361 e. The lowest BCUT2D eigenvalue weighted by Gasteiger charge is -2.23. The molecule has 1 rings (SSSR count). The average molecular weight is 272 g/mol. The van der Waals surface area contributed by atoms with Crippen molar-refractivity contribution in [1.29, 1.82) is 0 Å². The van der Waals surface area contributed by atoms with Crippen LogP contribution < -0.4 is 0 Å². The molecule has 0 fully saturated rings. The fourth-order valence-corrected chi connectivity index (χ4v) is 2.82. The SMILES string of the molecule is [SiH3]CCCN(CCC[SiH3])CCCN1C=NCC1. The lowest BCUT2D eigenvalue weighted by molar-refractivity contribution is 0.261. The van der Waals surface area contributed by atoms with E-state index in [2.05, 4.69) is 14.8 Å². The summed E-state index contributed by atoms with van der Waals surface area (Å²) in [5, 5.41) is 0. The molecule has 17 heavy (non-hydrogen) atoms. The van der Waals surface area contributed by atoms with Gasteiger partial charge >= 0.3 is 0 Å². The summed E-state index contributed by atoms with van der Waals surface area (Å²) in [5.74, 6) is 0. The first-order valence-corrected chi connectivity index (χ1v) is 10.2. The van der Waals surface area contributed by atoms with Gasteiger partial charge in [-0.05, 0) is 38.9 Å². The molecule has 0 unspecified atom stereocenters. The Morgan fingerprint density at radius 2 is 1.71 bits per heavy atom. The van der Waals surface area contributed by atoms with Gasteiger partial charge in [0.1, 0.15) is 0 Å². The van der Waals surface area contributed by atoms with Crippen molar-refractivity contribution >= 4 is 26.8 Å². The Morgan fingerprint density at radius 3 is 2.24 bits per heavy atom. The fraction of sp³-hybridized carbons (Fsp3) is 0.917. The van der Waals surface area contributed by atoms with Gasteiger partial charge in [-0.25, -0.2) is 0 Å². The van der Waals surface area contributed by atoms with Gasteiger partial charge in [-0.2, -0.15) is 0 Å². The van der Waals surface area contributed by atoms with Gasteiger partial charge in [-0.3, -0.25) is 4.99 Å². The van der Waals surface area contributed by atoms with E-state index in [0.717, 1.165) is 13.1 Å². The molecule has 0 aromatic carbocycles.